The lowest BCUT2D eigenvalue weighted by Crippen LogP contribution is -2.52. The maximum absolute atomic E-state index is 14.0. The number of rotatable bonds is 10. The van der Waals surface area contributed by atoms with Gasteiger partial charge in [0.15, 0.2) is 0 Å². The van der Waals surface area contributed by atoms with Gasteiger partial charge >= 0.3 is 0 Å². The summed E-state index contributed by atoms with van der Waals surface area (Å²) in [6.45, 7) is 1.55. The van der Waals surface area contributed by atoms with Gasteiger partial charge in [-0.15, -0.1) is 0 Å². The molecule has 0 spiro atoms. The molecule has 5 fully saturated rings. The third-order valence-electron chi connectivity index (χ3n) is 10.6. The zero-order chi connectivity index (χ0) is 30.4. The van der Waals surface area contributed by atoms with Crippen molar-refractivity contribution >= 4 is 43.5 Å². The average molecular weight is 671 g/mol. The minimum absolute atomic E-state index is 0.123. The molecule has 232 valence electrons. The van der Waals surface area contributed by atoms with Gasteiger partial charge in [0.25, 0.3) is 0 Å². The van der Waals surface area contributed by atoms with Crippen LogP contribution in [0.3, 0.4) is 0 Å². The van der Waals surface area contributed by atoms with Crippen LogP contribution in [0.2, 0.25) is 0 Å². The molecule has 2 aromatic rings. The van der Waals surface area contributed by atoms with Crippen molar-refractivity contribution in [2.75, 3.05) is 17.1 Å². The standard InChI is InChI=1S/C34H44BrN3O4S/c1-23(33(40)36-30-8-3-4-9-30)37(21-24-6-5-7-29(35)17-24)32(39)22-38(43(2,41)42)31-12-10-28(11-13-31)34-18-25-14-26(19-34)16-27(15-25)20-34/h5-7,10-13,17,23,25-27,30H,3-4,8-9,14-16,18-22H2,1-2H3,(H,36,40). The van der Waals surface area contributed by atoms with Gasteiger partial charge in [-0.2, -0.15) is 0 Å². The van der Waals surface area contributed by atoms with Gasteiger partial charge in [0, 0.05) is 17.1 Å². The predicted octanol–water partition coefficient (Wildman–Crippen LogP) is 6.16. The van der Waals surface area contributed by atoms with Crippen LogP contribution in [0.25, 0.3) is 0 Å². The number of amides is 2. The molecule has 43 heavy (non-hydrogen) atoms. The largest absolute Gasteiger partial charge is 0.352 e. The number of benzene rings is 2. The Morgan fingerprint density at radius 1 is 0.977 bits per heavy atom. The second-order valence-corrected chi connectivity index (χ2v) is 16.7. The van der Waals surface area contributed by atoms with Crippen LogP contribution in [0.15, 0.2) is 53.0 Å². The summed E-state index contributed by atoms with van der Waals surface area (Å²) in [5, 5.41) is 3.11. The topological polar surface area (TPSA) is 86.8 Å². The van der Waals surface area contributed by atoms with Gasteiger partial charge in [0.1, 0.15) is 12.6 Å². The van der Waals surface area contributed by atoms with Gasteiger partial charge in [-0.1, -0.05) is 53.0 Å². The van der Waals surface area contributed by atoms with E-state index in [1.807, 2.05) is 36.4 Å². The number of halogens is 1. The van der Waals surface area contributed by atoms with Crippen molar-refractivity contribution in [1.82, 2.24) is 10.2 Å². The number of sulfonamides is 1. The van der Waals surface area contributed by atoms with E-state index in [0.717, 1.165) is 59.7 Å². The Hall–Kier alpha value is -2.39. The van der Waals surface area contributed by atoms with Crippen LogP contribution in [0.4, 0.5) is 5.69 Å². The number of carbonyl (C=O) groups excluding carboxylic acids is 2. The number of hydrogen-bond acceptors (Lipinski definition) is 4. The SMILES string of the molecule is CC(C(=O)NC1CCCC1)N(Cc1cccc(Br)c1)C(=O)CN(c1ccc(C23CC4CC(CC(C4)C2)C3)cc1)S(C)(=O)=O. The Balaban J connectivity index is 1.23. The summed E-state index contributed by atoms with van der Waals surface area (Å²) < 4.78 is 28.3. The quantitative estimate of drug-likeness (QED) is 0.328. The first-order chi connectivity index (χ1) is 20.5. The zero-order valence-corrected chi connectivity index (χ0v) is 27.7. The number of hydrogen-bond donors (Lipinski definition) is 1. The molecular weight excluding hydrogens is 626 g/mol. The summed E-state index contributed by atoms with van der Waals surface area (Å²) in [6.07, 6.45) is 13.0. The van der Waals surface area contributed by atoms with Gasteiger partial charge in [0.05, 0.1) is 11.9 Å². The van der Waals surface area contributed by atoms with E-state index in [0.29, 0.717) is 5.69 Å². The Labute approximate surface area is 265 Å². The van der Waals surface area contributed by atoms with Crippen LogP contribution in [0, 0.1) is 17.8 Å². The molecule has 5 saturated carbocycles. The van der Waals surface area contributed by atoms with E-state index < -0.39 is 22.0 Å². The van der Waals surface area contributed by atoms with Crippen molar-refractivity contribution in [2.24, 2.45) is 17.8 Å². The van der Waals surface area contributed by atoms with E-state index in [1.165, 1.54) is 53.3 Å². The molecule has 0 saturated heterocycles. The summed E-state index contributed by atoms with van der Waals surface area (Å²) in [5.41, 5.74) is 2.86. The smallest absolute Gasteiger partial charge is 0.244 e. The molecule has 9 heteroatoms. The second kappa shape index (κ2) is 12.2. The van der Waals surface area contributed by atoms with Crippen molar-refractivity contribution in [3.63, 3.8) is 0 Å². The maximum Gasteiger partial charge on any atom is 0.244 e. The van der Waals surface area contributed by atoms with E-state index in [2.05, 4.69) is 33.4 Å². The first kappa shape index (κ1) is 30.6. The summed E-state index contributed by atoms with van der Waals surface area (Å²) in [4.78, 5) is 28.8. The fraction of sp³-hybridized carbons (Fsp3) is 0.588. The van der Waals surface area contributed by atoms with Gasteiger partial charge in [-0.25, -0.2) is 8.42 Å². The molecule has 5 aliphatic rings. The van der Waals surface area contributed by atoms with Crippen molar-refractivity contribution in [1.29, 1.82) is 0 Å². The summed E-state index contributed by atoms with van der Waals surface area (Å²) >= 11 is 3.50. The van der Waals surface area contributed by atoms with Crippen molar-refractivity contribution in [3.8, 4) is 0 Å². The maximum atomic E-state index is 14.0. The molecule has 0 radical (unpaired) electrons. The Bertz CT molecular complexity index is 1420. The first-order valence-corrected chi connectivity index (χ1v) is 18.6. The minimum atomic E-state index is -3.77. The van der Waals surface area contributed by atoms with Gasteiger partial charge < -0.3 is 10.2 Å². The van der Waals surface area contributed by atoms with Gasteiger partial charge in [0.2, 0.25) is 21.8 Å². The van der Waals surface area contributed by atoms with E-state index >= 15 is 0 Å². The third-order valence-corrected chi connectivity index (χ3v) is 12.2. The lowest BCUT2D eigenvalue weighted by Gasteiger charge is -2.57. The van der Waals surface area contributed by atoms with E-state index in [9.17, 15) is 18.0 Å². The second-order valence-electron chi connectivity index (χ2n) is 13.8. The molecule has 0 aliphatic heterocycles. The normalized spacial score (nSPS) is 27.2. The molecule has 4 bridgehead atoms. The molecule has 7 nitrogen and oxygen atoms in total. The highest BCUT2D eigenvalue weighted by atomic mass is 79.9. The molecule has 1 N–H and O–H groups in total. The summed E-state index contributed by atoms with van der Waals surface area (Å²) in [6, 6.07) is 14.9. The average Bonchev–Trinajstić information content (AvgIpc) is 3.46. The summed E-state index contributed by atoms with van der Waals surface area (Å²) in [5.74, 6) is 1.84. The van der Waals surface area contributed by atoms with E-state index in [1.54, 1.807) is 6.92 Å². The number of anilines is 1. The molecule has 7 rings (SSSR count). The fourth-order valence-electron chi connectivity index (χ4n) is 8.87. The first-order valence-electron chi connectivity index (χ1n) is 15.9. The van der Waals surface area contributed by atoms with Crippen molar-refractivity contribution in [2.45, 2.75) is 95.2 Å². The molecule has 0 aromatic heterocycles. The Morgan fingerprint density at radius 3 is 2.14 bits per heavy atom. The summed E-state index contributed by atoms with van der Waals surface area (Å²) in [7, 11) is -3.77. The lowest BCUT2D eigenvalue weighted by atomic mass is 9.48. The van der Waals surface area contributed by atoms with Gasteiger partial charge in [-0.3, -0.25) is 13.9 Å². The van der Waals surface area contributed by atoms with Gasteiger partial charge in [-0.05, 0) is 117 Å². The molecular formula is C34H44BrN3O4S. The number of carbonyl (C=O) groups is 2. The molecule has 0 heterocycles. The fourth-order valence-corrected chi connectivity index (χ4v) is 10.2. The molecule has 1 unspecified atom stereocenters. The van der Waals surface area contributed by atoms with E-state index in [-0.39, 0.29) is 30.5 Å². The van der Waals surface area contributed by atoms with Crippen LogP contribution < -0.4 is 9.62 Å². The van der Waals surface area contributed by atoms with Crippen molar-refractivity contribution in [3.05, 3.63) is 64.1 Å². The van der Waals surface area contributed by atoms with Crippen LogP contribution in [-0.2, 0) is 31.6 Å². The highest BCUT2D eigenvalue weighted by molar-refractivity contribution is 9.10. The Kier molecular flexibility index (Phi) is 8.68. The predicted molar refractivity (Wildman–Crippen MR) is 173 cm³/mol. The zero-order valence-electron chi connectivity index (χ0n) is 25.3. The van der Waals surface area contributed by atoms with Crippen molar-refractivity contribution < 1.29 is 18.0 Å². The monoisotopic (exact) mass is 669 g/mol. The molecule has 2 aromatic carbocycles. The molecule has 1 atom stereocenters. The lowest BCUT2D eigenvalue weighted by molar-refractivity contribution is -0.139. The Morgan fingerprint density at radius 2 is 1.58 bits per heavy atom. The third kappa shape index (κ3) is 6.68. The van der Waals surface area contributed by atoms with E-state index in [4.69, 9.17) is 0 Å². The highest BCUT2D eigenvalue weighted by Crippen LogP contribution is 2.60. The molecule has 5 aliphatic carbocycles. The van der Waals surface area contributed by atoms with Crippen LogP contribution in [0.1, 0.15) is 82.3 Å². The number of nitrogens with zero attached hydrogens (tertiary/aromatic N) is 2. The number of nitrogens with one attached hydrogen (secondary N) is 1. The van der Waals surface area contributed by atoms with Crippen LogP contribution >= 0.6 is 15.9 Å². The molecule has 2 amide bonds. The van der Waals surface area contributed by atoms with Crippen LogP contribution in [0.5, 0.6) is 0 Å². The highest BCUT2D eigenvalue weighted by Gasteiger charge is 2.51. The minimum Gasteiger partial charge on any atom is -0.352 e. The van der Waals surface area contributed by atoms with Crippen LogP contribution in [-0.4, -0.2) is 50.0 Å².